The molecule has 0 radical (unpaired) electrons. The summed E-state index contributed by atoms with van der Waals surface area (Å²) in [6.45, 7) is 0.692. The van der Waals surface area contributed by atoms with Crippen molar-refractivity contribution in [3.8, 4) is 0 Å². The highest BCUT2D eigenvalue weighted by atomic mass is 19.1. The number of benzene rings is 2. The van der Waals surface area contributed by atoms with E-state index in [0.717, 1.165) is 22.0 Å². The molecule has 0 amide bonds. The Morgan fingerprint density at radius 2 is 1.74 bits per heavy atom. The fraction of sp³-hybridized carbons (Fsp3) is 0.125. The summed E-state index contributed by atoms with van der Waals surface area (Å²) in [6, 6.07) is 14.5. The van der Waals surface area contributed by atoms with E-state index in [2.05, 4.69) is 4.57 Å². The number of aromatic nitrogens is 1. The standard InChI is InChI=1S/C16H14FNO/c17-14-7-5-12(6-8-14)9-18-10-13(11-19)15-3-1-2-4-16(15)18/h1-8,10,19H,9,11H2. The molecule has 0 saturated carbocycles. The average molecular weight is 255 g/mol. The van der Waals surface area contributed by atoms with E-state index >= 15 is 0 Å². The molecule has 1 heterocycles. The summed E-state index contributed by atoms with van der Waals surface area (Å²) in [7, 11) is 0. The van der Waals surface area contributed by atoms with Gasteiger partial charge in [0, 0.05) is 29.2 Å². The van der Waals surface area contributed by atoms with E-state index in [1.54, 1.807) is 12.1 Å². The first-order valence-corrected chi connectivity index (χ1v) is 6.20. The van der Waals surface area contributed by atoms with Gasteiger partial charge in [-0.25, -0.2) is 4.39 Å². The molecule has 96 valence electrons. The Bertz CT molecular complexity index is 700. The van der Waals surface area contributed by atoms with Crippen LogP contribution in [0.25, 0.3) is 10.9 Å². The van der Waals surface area contributed by atoms with Gasteiger partial charge in [0.1, 0.15) is 5.82 Å². The third-order valence-corrected chi connectivity index (χ3v) is 3.31. The highest BCUT2D eigenvalue weighted by molar-refractivity contribution is 5.83. The summed E-state index contributed by atoms with van der Waals surface area (Å²) < 4.78 is 15.0. The molecule has 0 fully saturated rings. The van der Waals surface area contributed by atoms with Crippen LogP contribution in [-0.4, -0.2) is 9.67 Å². The van der Waals surface area contributed by atoms with Crippen molar-refractivity contribution in [1.29, 1.82) is 0 Å². The Morgan fingerprint density at radius 1 is 1.00 bits per heavy atom. The average Bonchev–Trinajstić information content (AvgIpc) is 2.80. The Balaban J connectivity index is 2.03. The van der Waals surface area contributed by atoms with Gasteiger partial charge < -0.3 is 9.67 Å². The van der Waals surface area contributed by atoms with Crippen molar-refractivity contribution in [2.24, 2.45) is 0 Å². The predicted molar refractivity (Wildman–Crippen MR) is 73.4 cm³/mol. The molecule has 0 unspecified atom stereocenters. The molecule has 1 aromatic heterocycles. The van der Waals surface area contributed by atoms with Gasteiger partial charge in [-0.15, -0.1) is 0 Å². The summed E-state index contributed by atoms with van der Waals surface area (Å²) in [5, 5.41) is 10.5. The Labute approximate surface area is 110 Å². The van der Waals surface area contributed by atoms with Crippen molar-refractivity contribution in [3.63, 3.8) is 0 Å². The maximum absolute atomic E-state index is 12.9. The fourth-order valence-electron chi connectivity index (χ4n) is 2.37. The summed E-state index contributed by atoms with van der Waals surface area (Å²) >= 11 is 0. The second-order valence-corrected chi connectivity index (χ2v) is 4.58. The van der Waals surface area contributed by atoms with Crippen molar-refractivity contribution in [1.82, 2.24) is 4.57 Å². The zero-order chi connectivity index (χ0) is 13.2. The smallest absolute Gasteiger partial charge is 0.123 e. The lowest BCUT2D eigenvalue weighted by molar-refractivity contribution is 0.283. The third-order valence-electron chi connectivity index (χ3n) is 3.31. The zero-order valence-corrected chi connectivity index (χ0v) is 10.4. The van der Waals surface area contributed by atoms with Gasteiger partial charge in [0.2, 0.25) is 0 Å². The van der Waals surface area contributed by atoms with Crippen LogP contribution >= 0.6 is 0 Å². The van der Waals surface area contributed by atoms with Crippen LogP contribution in [0.2, 0.25) is 0 Å². The lowest BCUT2D eigenvalue weighted by Gasteiger charge is -2.05. The number of fused-ring (bicyclic) bond motifs is 1. The minimum atomic E-state index is -0.225. The Kier molecular flexibility index (Phi) is 3.05. The van der Waals surface area contributed by atoms with Crippen molar-refractivity contribution < 1.29 is 9.50 Å². The number of aliphatic hydroxyl groups is 1. The molecular formula is C16H14FNO. The van der Waals surface area contributed by atoms with Gasteiger partial charge in [-0.2, -0.15) is 0 Å². The second kappa shape index (κ2) is 4.86. The monoisotopic (exact) mass is 255 g/mol. The molecule has 3 rings (SSSR count). The van der Waals surface area contributed by atoms with Gasteiger partial charge in [0.25, 0.3) is 0 Å². The summed E-state index contributed by atoms with van der Waals surface area (Å²) in [4.78, 5) is 0. The number of halogens is 1. The van der Waals surface area contributed by atoms with Gasteiger partial charge in [-0.1, -0.05) is 30.3 Å². The molecule has 0 aliphatic rings. The van der Waals surface area contributed by atoms with Crippen LogP contribution in [-0.2, 0) is 13.2 Å². The largest absolute Gasteiger partial charge is 0.392 e. The van der Waals surface area contributed by atoms with Gasteiger partial charge >= 0.3 is 0 Å². The van der Waals surface area contributed by atoms with E-state index in [-0.39, 0.29) is 12.4 Å². The molecular weight excluding hydrogens is 241 g/mol. The van der Waals surface area contributed by atoms with Gasteiger partial charge in [0.15, 0.2) is 0 Å². The highest BCUT2D eigenvalue weighted by Crippen LogP contribution is 2.22. The van der Waals surface area contributed by atoms with Crippen LogP contribution in [0.3, 0.4) is 0 Å². The molecule has 0 atom stereocenters. The lowest BCUT2D eigenvalue weighted by atomic mass is 10.2. The first-order chi connectivity index (χ1) is 9.28. The molecule has 3 aromatic rings. The number of para-hydroxylation sites is 1. The molecule has 2 aromatic carbocycles. The van der Waals surface area contributed by atoms with Crippen LogP contribution in [0.5, 0.6) is 0 Å². The third kappa shape index (κ3) is 2.25. The lowest BCUT2D eigenvalue weighted by Crippen LogP contribution is -1.97. The molecule has 0 spiro atoms. The molecule has 0 aliphatic heterocycles. The minimum absolute atomic E-state index is 0.0247. The first kappa shape index (κ1) is 11.9. The van der Waals surface area contributed by atoms with Gasteiger partial charge in [-0.3, -0.25) is 0 Å². The predicted octanol–water partition coefficient (Wildman–Crippen LogP) is 3.32. The second-order valence-electron chi connectivity index (χ2n) is 4.58. The normalized spacial score (nSPS) is 11.1. The minimum Gasteiger partial charge on any atom is -0.392 e. The maximum Gasteiger partial charge on any atom is 0.123 e. The van der Waals surface area contributed by atoms with Crippen LogP contribution < -0.4 is 0 Å². The SMILES string of the molecule is OCc1cn(Cc2ccc(F)cc2)c2ccccc12. The van der Waals surface area contributed by atoms with E-state index in [1.165, 1.54) is 12.1 Å². The first-order valence-electron chi connectivity index (χ1n) is 6.20. The molecule has 2 nitrogen and oxygen atoms in total. The number of aliphatic hydroxyl groups excluding tert-OH is 1. The maximum atomic E-state index is 12.9. The van der Waals surface area contributed by atoms with Crippen LogP contribution in [0.1, 0.15) is 11.1 Å². The van der Waals surface area contributed by atoms with E-state index in [0.29, 0.717) is 6.54 Å². The summed E-state index contributed by atoms with van der Waals surface area (Å²) in [5.41, 5.74) is 3.03. The molecule has 3 heteroatoms. The number of hydrogen-bond donors (Lipinski definition) is 1. The van der Waals surface area contributed by atoms with Gasteiger partial charge in [0.05, 0.1) is 6.61 Å². The number of rotatable bonds is 3. The van der Waals surface area contributed by atoms with Crippen LogP contribution in [0.4, 0.5) is 4.39 Å². The van der Waals surface area contributed by atoms with Crippen LogP contribution in [0.15, 0.2) is 54.7 Å². The van der Waals surface area contributed by atoms with E-state index in [9.17, 15) is 9.50 Å². The summed E-state index contributed by atoms with van der Waals surface area (Å²) in [6.07, 6.45) is 1.95. The summed E-state index contributed by atoms with van der Waals surface area (Å²) in [5.74, 6) is -0.225. The van der Waals surface area contributed by atoms with Crippen molar-refractivity contribution in [2.45, 2.75) is 13.2 Å². The van der Waals surface area contributed by atoms with Crippen molar-refractivity contribution in [2.75, 3.05) is 0 Å². The molecule has 0 saturated heterocycles. The van der Waals surface area contributed by atoms with Gasteiger partial charge in [-0.05, 0) is 23.8 Å². The Hall–Kier alpha value is -2.13. The topological polar surface area (TPSA) is 25.2 Å². The van der Waals surface area contributed by atoms with Crippen LogP contribution in [0, 0.1) is 5.82 Å². The molecule has 1 N–H and O–H groups in total. The fourth-order valence-corrected chi connectivity index (χ4v) is 2.37. The van der Waals surface area contributed by atoms with E-state index < -0.39 is 0 Å². The molecule has 19 heavy (non-hydrogen) atoms. The van der Waals surface area contributed by atoms with E-state index in [1.807, 2.05) is 30.5 Å². The van der Waals surface area contributed by atoms with E-state index in [4.69, 9.17) is 0 Å². The Morgan fingerprint density at radius 3 is 2.47 bits per heavy atom. The number of nitrogens with zero attached hydrogens (tertiary/aromatic N) is 1. The van der Waals surface area contributed by atoms with Crippen molar-refractivity contribution >= 4 is 10.9 Å². The zero-order valence-electron chi connectivity index (χ0n) is 10.4. The van der Waals surface area contributed by atoms with Crippen molar-refractivity contribution in [3.05, 3.63) is 71.7 Å². The molecule has 0 aliphatic carbocycles. The quantitative estimate of drug-likeness (QED) is 0.763. The molecule has 0 bridgehead atoms. The number of hydrogen-bond acceptors (Lipinski definition) is 1. The highest BCUT2D eigenvalue weighted by Gasteiger charge is 2.07.